The van der Waals surface area contributed by atoms with Crippen molar-refractivity contribution in [3.8, 4) is 0 Å². The molecule has 0 aliphatic carbocycles. The molecular formula is C15H27N7O. The zero-order chi connectivity index (χ0) is 16.1. The second-order valence-electron chi connectivity index (χ2n) is 6.74. The van der Waals surface area contributed by atoms with Crippen LogP contribution in [0.1, 0.15) is 31.5 Å². The molecule has 128 valence electrons. The van der Waals surface area contributed by atoms with Crippen LogP contribution in [0.4, 0.5) is 0 Å². The van der Waals surface area contributed by atoms with Gasteiger partial charge in [-0.25, -0.2) is 0 Å². The second-order valence-corrected chi connectivity index (χ2v) is 6.74. The van der Waals surface area contributed by atoms with Crippen LogP contribution < -0.4 is 5.32 Å². The molecule has 2 aliphatic heterocycles. The van der Waals surface area contributed by atoms with E-state index in [1.165, 1.54) is 25.9 Å². The molecule has 0 spiro atoms. The minimum Gasteiger partial charge on any atom is -0.355 e. The predicted molar refractivity (Wildman–Crippen MR) is 85.7 cm³/mol. The van der Waals surface area contributed by atoms with Gasteiger partial charge in [0.05, 0.1) is 5.92 Å². The molecule has 2 saturated heterocycles. The van der Waals surface area contributed by atoms with Crippen LogP contribution in [0.2, 0.25) is 0 Å². The predicted octanol–water partition coefficient (Wildman–Crippen LogP) is -0.335. The molecule has 1 aromatic heterocycles. The lowest BCUT2D eigenvalue weighted by Gasteiger charge is -2.41. The number of nitrogens with one attached hydrogen (secondary N) is 2. The number of hydrogen-bond acceptors (Lipinski definition) is 6. The molecule has 0 radical (unpaired) electrons. The van der Waals surface area contributed by atoms with E-state index in [1.807, 2.05) is 0 Å². The van der Waals surface area contributed by atoms with Crippen molar-refractivity contribution in [2.75, 3.05) is 39.8 Å². The van der Waals surface area contributed by atoms with Gasteiger partial charge in [0.2, 0.25) is 5.91 Å². The first-order valence-electron chi connectivity index (χ1n) is 8.65. The van der Waals surface area contributed by atoms with Crippen LogP contribution in [0.3, 0.4) is 0 Å². The number of amides is 1. The first kappa shape index (κ1) is 16.3. The van der Waals surface area contributed by atoms with Gasteiger partial charge in [-0.2, -0.15) is 5.21 Å². The summed E-state index contributed by atoms with van der Waals surface area (Å²) in [5, 5.41) is 16.8. The van der Waals surface area contributed by atoms with Crippen LogP contribution in [0, 0.1) is 5.92 Å². The highest BCUT2D eigenvalue weighted by Crippen LogP contribution is 2.23. The molecule has 3 heterocycles. The van der Waals surface area contributed by atoms with Crippen molar-refractivity contribution >= 4 is 5.91 Å². The Morgan fingerprint density at radius 1 is 1.30 bits per heavy atom. The minimum atomic E-state index is 0.119. The molecule has 0 bridgehead atoms. The van der Waals surface area contributed by atoms with Crippen molar-refractivity contribution in [1.29, 1.82) is 0 Å². The Kier molecular flexibility index (Phi) is 5.56. The van der Waals surface area contributed by atoms with E-state index in [2.05, 4.69) is 42.8 Å². The van der Waals surface area contributed by atoms with E-state index in [-0.39, 0.29) is 11.8 Å². The summed E-state index contributed by atoms with van der Waals surface area (Å²) in [6, 6.07) is 0.654. The maximum atomic E-state index is 12.4. The number of carbonyl (C=O) groups excluding carboxylic acids is 1. The standard InChI is InChI=1S/C15H27N7O/c1-21-9-5-13(6-10-21)22-8-2-3-12(11-22)15(23)16-7-4-14-17-19-20-18-14/h12-13H,2-11H2,1H3,(H,16,23)(H,17,18,19,20)/t12-/m1/s1. The quantitative estimate of drug-likeness (QED) is 0.771. The van der Waals surface area contributed by atoms with Crippen LogP contribution in [0.5, 0.6) is 0 Å². The summed E-state index contributed by atoms with van der Waals surface area (Å²) in [6.45, 7) is 4.96. The number of likely N-dealkylation sites (tertiary alicyclic amines) is 2. The number of carbonyl (C=O) groups is 1. The summed E-state index contributed by atoms with van der Waals surface area (Å²) in [4.78, 5) is 17.3. The summed E-state index contributed by atoms with van der Waals surface area (Å²) < 4.78 is 0. The zero-order valence-corrected chi connectivity index (χ0v) is 13.9. The Morgan fingerprint density at radius 2 is 2.13 bits per heavy atom. The van der Waals surface area contributed by atoms with E-state index in [0.717, 1.165) is 25.9 Å². The van der Waals surface area contributed by atoms with Gasteiger partial charge in [-0.15, -0.1) is 10.2 Å². The monoisotopic (exact) mass is 321 g/mol. The topological polar surface area (TPSA) is 90.0 Å². The van der Waals surface area contributed by atoms with E-state index in [4.69, 9.17) is 0 Å². The fourth-order valence-electron chi connectivity index (χ4n) is 3.64. The van der Waals surface area contributed by atoms with E-state index in [1.54, 1.807) is 0 Å². The van der Waals surface area contributed by atoms with E-state index in [0.29, 0.717) is 24.8 Å². The number of rotatable bonds is 5. The minimum absolute atomic E-state index is 0.119. The van der Waals surface area contributed by atoms with Crippen molar-refractivity contribution in [1.82, 2.24) is 35.7 Å². The summed E-state index contributed by atoms with van der Waals surface area (Å²) in [5.41, 5.74) is 0. The summed E-state index contributed by atoms with van der Waals surface area (Å²) in [6.07, 6.45) is 5.19. The highest BCUT2D eigenvalue weighted by molar-refractivity contribution is 5.78. The van der Waals surface area contributed by atoms with Crippen molar-refractivity contribution in [3.63, 3.8) is 0 Å². The van der Waals surface area contributed by atoms with Gasteiger partial charge in [-0.05, 0) is 52.4 Å². The Hall–Kier alpha value is -1.54. The molecule has 1 aromatic rings. The van der Waals surface area contributed by atoms with Gasteiger partial charge in [-0.1, -0.05) is 5.21 Å². The maximum Gasteiger partial charge on any atom is 0.224 e. The number of tetrazole rings is 1. The third kappa shape index (κ3) is 4.48. The van der Waals surface area contributed by atoms with Crippen molar-refractivity contribution in [2.24, 2.45) is 5.92 Å². The first-order chi connectivity index (χ1) is 11.2. The maximum absolute atomic E-state index is 12.4. The molecule has 8 heteroatoms. The molecule has 2 N–H and O–H groups in total. The lowest BCUT2D eigenvalue weighted by atomic mass is 9.93. The van der Waals surface area contributed by atoms with Crippen LogP contribution in [-0.4, -0.2) is 82.1 Å². The molecular weight excluding hydrogens is 294 g/mol. The number of H-pyrrole nitrogens is 1. The number of hydrogen-bond donors (Lipinski definition) is 2. The molecule has 2 aliphatic rings. The summed E-state index contributed by atoms with van der Waals surface area (Å²) in [7, 11) is 2.19. The van der Waals surface area contributed by atoms with E-state index >= 15 is 0 Å². The zero-order valence-electron chi connectivity index (χ0n) is 13.9. The number of piperidine rings is 2. The van der Waals surface area contributed by atoms with Crippen molar-refractivity contribution < 1.29 is 4.79 Å². The number of aromatic nitrogens is 4. The molecule has 23 heavy (non-hydrogen) atoms. The van der Waals surface area contributed by atoms with Crippen molar-refractivity contribution in [3.05, 3.63) is 5.82 Å². The Balaban J connectivity index is 1.43. The SMILES string of the molecule is CN1CCC(N2CCC[C@@H](C(=O)NCCc3nn[nH]n3)C2)CC1. The highest BCUT2D eigenvalue weighted by Gasteiger charge is 2.30. The summed E-state index contributed by atoms with van der Waals surface area (Å²) in [5.74, 6) is 0.932. The van der Waals surface area contributed by atoms with Gasteiger partial charge in [0.15, 0.2) is 5.82 Å². The fraction of sp³-hybridized carbons (Fsp3) is 0.867. The normalized spacial score (nSPS) is 24.7. The first-order valence-corrected chi connectivity index (χ1v) is 8.65. The van der Waals surface area contributed by atoms with Gasteiger partial charge in [0.1, 0.15) is 0 Å². The smallest absolute Gasteiger partial charge is 0.224 e. The Bertz CT molecular complexity index is 484. The van der Waals surface area contributed by atoms with Crippen molar-refractivity contribution in [2.45, 2.75) is 38.1 Å². The molecule has 8 nitrogen and oxygen atoms in total. The van der Waals surface area contributed by atoms with Gasteiger partial charge in [0.25, 0.3) is 0 Å². The average Bonchev–Trinajstić information content (AvgIpc) is 3.09. The van der Waals surface area contributed by atoms with Crippen LogP contribution >= 0.6 is 0 Å². The molecule has 2 fully saturated rings. The molecule has 0 unspecified atom stereocenters. The molecule has 0 aromatic carbocycles. The second kappa shape index (κ2) is 7.83. The lowest BCUT2D eigenvalue weighted by Crippen LogP contribution is -2.50. The van der Waals surface area contributed by atoms with E-state index < -0.39 is 0 Å². The Morgan fingerprint density at radius 3 is 2.87 bits per heavy atom. The number of nitrogens with zero attached hydrogens (tertiary/aromatic N) is 5. The molecule has 1 atom stereocenters. The highest BCUT2D eigenvalue weighted by atomic mass is 16.1. The largest absolute Gasteiger partial charge is 0.355 e. The van der Waals surface area contributed by atoms with Gasteiger partial charge < -0.3 is 10.2 Å². The third-order valence-corrected chi connectivity index (χ3v) is 5.07. The van der Waals surface area contributed by atoms with Crippen LogP contribution in [0.25, 0.3) is 0 Å². The van der Waals surface area contributed by atoms with Gasteiger partial charge in [-0.3, -0.25) is 9.69 Å². The van der Waals surface area contributed by atoms with Gasteiger partial charge >= 0.3 is 0 Å². The average molecular weight is 321 g/mol. The number of aromatic amines is 1. The summed E-state index contributed by atoms with van der Waals surface area (Å²) >= 11 is 0. The lowest BCUT2D eigenvalue weighted by molar-refractivity contribution is -0.127. The molecule has 3 rings (SSSR count). The molecule has 0 saturated carbocycles. The van der Waals surface area contributed by atoms with Crippen LogP contribution in [-0.2, 0) is 11.2 Å². The fourth-order valence-corrected chi connectivity index (χ4v) is 3.64. The van der Waals surface area contributed by atoms with Crippen LogP contribution in [0.15, 0.2) is 0 Å². The third-order valence-electron chi connectivity index (χ3n) is 5.07. The van der Waals surface area contributed by atoms with Gasteiger partial charge in [0, 0.05) is 25.6 Å². The molecule has 1 amide bonds. The van der Waals surface area contributed by atoms with E-state index in [9.17, 15) is 4.79 Å². The Labute approximate surface area is 137 Å².